The fourth-order valence-corrected chi connectivity index (χ4v) is 2.25. The van der Waals surface area contributed by atoms with Crippen molar-refractivity contribution < 1.29 is 0 Å². The molecule has 0 aliphatic heterocycles. The molecule has 0 unspecified atom stereocenters. The Balaban J connectivity index is 2.19. The van der Waals surface area contributed by atoms with Crippen LogP contribution < -0.4 is 0 Å². The van der Waals surface area contributed by atoms with Gasteiger partial charge in [-0.15, -0.1) is 11.3 Å². The van der Waals surface area contributed by atoms with Gasteiger partial charge in [0.05, 0.1) is 11.2 Å². The zero-order valence-electron chi connectivity index (χ0n) is 8.23. The Labute approximate surface area is 88.4 Å². The summed E-state index contributed by atoms with van der Waals surface area (Å²) in [6.45, 7) is 2.18. The summed E-state index contributed by atoms with van der Waals surface area (Å²) in [6.07, 6.45) is 2.06. The lowest BCUT2D eigenvalue weighted by Gasteiger charge is -1.99. The van der Waals surface area contributed by atoms with Gasteiger partial charge in [0.25, 0.3) is 0 Å². The summed E-state index contributed by atoms with van der Waals surface area (Å²) in [4.78, 5) is 5.81. The molecular formula is C12H13NS. The molecule has 1 aromatic carbocycles. The molecule has 2 heteroatoms. The molecule has 0 aliphatic carbocycles. The smallest absolute Gasteiger partial charge is 0.0797 e. The van der Waals surface area contributed by atoms with Crippen molar-refractivity contribution >= 4 is 11.3 Å². The first-order valence-electron chi connectivity index (χ1n) is 4.85. The first-order chi connectivity index (χ1) is 6.90. The third kappa shape index (κ3) is 2.02. The van der Waals surface area contributed by atoms with Crippen LogP contribution in [-0.2, 0) is 12.8 Å². The fourth-order valence-electron chi connectivity index (χ4n) is 1.51. The van der Waals surface area contributed by atoms with E-state index in [1.807, 2.05) is 11.6 Å². The predicted octanol–water partition coefficient (Wildman–Crippen LogP) is 3.30. The summed E-state index contributed by atoms with van der Waals surface area (Å²) in [6, 6.07) is 10.5. The maximum absolute atomic E-state index is 4.40. The minimum atomic E-state index is 0.966. The van der Waals surface area contributed by atoms with E-state index in [1.54, 1.807) is 11.3 Å². The van der Waals surface area contributed by atoms with Gasteiger partial charge in [0.15, 0.2) is 0 Å². The molecule has 2 rings (SSSR count). The van der Waals surface area contributed by atoms with Crippen LogP contribution in [0.25, 0.3) is 0 Å². The molecule has 1 nitrogen and oxygen atoms in total. The third-order valence-corrected chi connectivity index (χ3v) is 3.28. The second-order valence-corrected chi connectivity index (χ2v) is 4.18. The van der Waals surface area contributed by atoms with Crippen molar-refractivity contribution in [1.29, 1.82) is 0 Å². The molecule has 0 radical (unpaired) electrons. The van der Waals surface area contributed by atoms with Crippen LogP contribution in [0.3, 0.4) is 0 Å². The number of aryl methyl sites for hydroxylation is 1. The van der Waals surface area contributed by atoms with Gasteiger partial charge in [-0.25, -0.2) is 4.98 Å². The molecule has 0 amide bonds. The molecule has 0 saturated carbocycles. The zero-order chi connectivity index (χ0) is 9.80. The van der Waals surface area contributed by atoms with Crippen molar-refractivity contribution in [2.45, 2.75) is 19.8 Å². The van der Waals surface area contributed by atoms with Crippen LogP contribution in [0.15, 0.2) is 35.8 Å². The van der Waals surface area contributed by atoms with Crippen molar-refractivity contribution in [3.8, 4) is 0 Å². The summed E-state index contributed by atoms with van der Waals surface area (Å²) in [5.74, 6) is 0. The van der Waals surface area contributed by atoms with Crippen LogP contribution >= 0.6 is 11.3 Å². The van der Waals surface area contributed by atoms with E-state index in [0.717, 1.165) is 12.8 Å². The van der Waals surface area contributed by atoms with Gasteiger partial charge < -0.3 is 0 Å². The largest absolute Gasteiger partial charge is 0.249 e. The normalized spacial score (nSPS) is 10.4. The number of hydrogen-bond donors (Lipinski definition) is 0. The number of aromatic nitrogens is 1. The van der Waals surface area contributed by atoms with Crippen LogP contribution in [0.1, 0.15) is 23.1 Å². The first-order valence-corrected chi connectivity index (χ1v) is 5.73. The Morgan fingerprint density at radius 3 is 2.71 bits per heavy atom. The third-order valence-electron chi connectivity index (χ3n) is 2.26. The average molecular weight is 203 g/mol. The summed E-state index contributed by atoms with van der Waals surface area (Å²) in [7, 11) is 0. The van der Waals surface area contributed by atoms with Gasteiger partial charge in [-0.1, -0.05) is 37.3 Å². The summed E-state index contributed by atoms with van der Waals surface area (Å²) in [5.41, 5.74) is 4.52. The molecule has 0 bridgehead atoms. The van der Waals surface area contributed by atoms with Gasteiger partial charge in [0, 0.05) is 11.3 Å². The Kier molecular flexibility index (Phi) is 2.94. The highest BCUT2D eigenvalue weighted by atomic mass is 32.1. The molecule has 0 fully saturated rings. The van der Waals surface area contributed by atoms with E-state index in [2.05, 4.69) is 36.2 Å². The van der Waals surface area contributed by atoms with E-state index in [4.69, 9.17) is 0 Å². The van der Waals surface area contributed by atoms with E-state index in [9.17, 15) is 0 Å². The maximum Gasteiger partial charge on any atom is 0.0797 e. The van der Waals surface area contributed by atoms with Gasteiger partial charge in [-0.05, 0) is 12.0 Å². The Morgan fingerprint density at radius 2 is 2.00 bits per heavy atom. The van der Waals surface area contributed by atoms with Crippen molar-refractivity contribution in [2.24, 2.45) is 0 Å². The number of thiazole rings is 1. The minimum absolute atomic E-state index is 0.966. The number of nitrogens with zero attached hydrogens (tertiary/aromatic N) is 1. The van der Waals surface area contributed by atoms with E-state index >= 15 is 0 Å². The van der Waals surface area contributed by atoms with Crippen molar-refractivity contribution in [3.63, 3.8) is 0 Å². The highest BCUT2D eigenvalue weighted by Gasteiger charge is 2.04. The van der Waals surface area contributed by atoms with Crippen LogP contribution in [0, 0.1) is 0 Å². The second-order valence-electron chi connectivity index (χ2n) is 3.24. The summed E-state index contributed by atoms with van der Waals surface area (Å²) < 4.78 is 0. The number of benzene rings is 1. The van der Waals surface area contributed by atoms with Crippen molar-refractivity contribution in [3.05, 3.63) is 52.0 Å². The second kappa shape index (κ2) is 4.38. The van der Waals surface area contributed by atoms with Gasteiger partial charge in [-0.3, -0.25) is 0 Å². The van der Waals surface area contributed by atoms with E-state index in [1.165, 1.54) is 16.1 Å². The lowest BCUT2D eigenvalue weighted by molar-refractivity contribution is 1.04. The molecule has 1 heterocycles. The Morgan fingerprint density at radius 1 is 1.21 bits per heavy atom. The molecular weight excluding hydrogens is 190 g/mol. The van der Waals surface area contributed by atoms with Crippen molar-refractivity contribution in [2.75, 3.05) is 0 Å². The Hall–Kier alpha value is -1.15. The molecule has 2 aromatic rings. The zero-order valence-corrected chi connectivity index (χ0v) is 9.05. The molecule has 0 atom stereocenters. The number of hydrogen-bond acceptors (Lipinski definition) is 2. The molecule has 0 aliphatic rings. The van der Waals surface area contributed by atoms with Gasteiger partial charge in [0.1, 0.15) is 0 Å². The van der Waals surface area contributed by atoms with Gasteiger partial charge >= 0.3 is 0 Å². The van der Waals surface area contributed by atoms with Gasteiger partial charge in [0.2, 0.25) is 0 Å². The topological polar surface area (TPSA) is 12.9 Å². The number of rotatable bonds is 3. The molecule has 14 heavy (non-hydrogen) atoms. The van der Waals surface area contributed by atoms with E-state index in [-0.39, 0.29) is 0 Å². The highest BCUT2D eigenvalue weighted by Crippen LogP contribution is 2.17. The fraction of sp³-hybridized carbons (Fsp3) is 0.250. The molecule has 1 aromatic heterocycles. The maximum atomic E-state index is 4.40. The highest BCUT2D eigenvalue weighted by molar-refractivity contribution is 7.09. The standard InChI is InChI=1S/C12H13NS/c1-2-12-11(13-9-14-12)8-10-6-4-3-5-7-10/h3-7,9H,2,8H2,1H3. The van der Waals surface area contributed by atoms with Crippen LogP contribution in [0.5, 0.6) is 0 Å². The lowest BCUT2D eigenvalue weighted by atomic mass is 10.1. The quantitative estimate of drug-likeness (QED) is 0.746. The molecule has 72 valence electrons. The Bertz CT molecular complexity index is 392. The molecule has 0 spiro atoms. The summed E-state index contributed by atoms with van der Waals surface area (Å²) >= 11 is 1.76. The lowest BCUT2D eigenvalue weighted by Crippen LogP contribution is -1.91. The van der Waals surface area contributed by atoms with Crippen LogP contribution in [0.4, 0.5) is 0 Å². The predicted molar refractivity (Wildman–Crippen MR) is 60.7 cm³/mol. The monoisotopic (exact) mass is 203 g/mol. The molecule has 0 N–H and O–H groups in total. The molecule has 0 saturated heterocycles. The van der Waals surface area contributed by atoms with E-state index in [0.29, 0.717) is 0 Å². The van der Waals surface area contributed by atoms with E-state index < -0.39 is 0 Å². The SMILES string of the molecule is CCc1scnc1Cc1ccccc1. The van der Waals surface area contributed by atoms with Crippen molar-refractivity contribution in [1.82, 2.24) is 4.98 Å². The van der Waals surface area contributed by atoms with Gasteiger partial charge in [-0.2, -0.15) is 0 Å². The minimum Gasteiger partial charge on any atom is -0.249 e. The first kappa shape index (κ1) is 9.41. The average Bonchev–Trinajstić information content (AvgIpc) is 2.67. The van der Waals surface area contributed by atoms with Crippen LogP contribution in [0.2, 0.25) is 0 Å². The van der Waals surface area contributed by atoms with Crippen LogP contribution in [-0.4, -0.2) is 4.98 Å². The summed E-state index contributed by atoms with van der Waals surface area (Å²) in [5, 5.41) is 0.